The van der Waals surface area contributed by atoms with E-state index in [1.54, 1.807) is 6.08 Å². The van der Waals surface area contributed by atoms with Crippen LogP contribution in [-0.4, -0.2) is 23.8 Å². The number of benzene rings is 2. The SMILES string of the molecule is C=C[C@]12OC(C[C@@]1(O)I)n1c3ccccc3c3c4c(c5c6c(n2c5c31)=CCCC=6)CNC4=O. The zero-order valence-electron chi connectivity index (χ0n) is 17.7. The number of aliphatic hydroxyl groups is 1. The molecule has 2 N–H and O–H groups in total. The van der Waals surface area contributed by atoms with Crippen molar-refractivity contribution in [1.82, 2.24) is 14.5 Å². The lowest BCUT2D eigenvalue weighted by molar-refractivity contribution is -0.121. The molecule has 2 bridgehead atoms. The lowest BCUT2D eigenvalue weighted by Crippen LogP contribution is -2.52. The molecule has 2 aromatic heterocycles. The molecule has 3 atom stereocenters. The van der Waals surface area contributed by atoms with Crippen LogP contribution in [0.3, 0.4) is 0 Å². The van der Waals surface area contributed by atoms with E-state index in [-0.39, 0.29) is 12.1 Å². The van der Waals surface area contributed by atoms with E-state index in [1.807, 2.05) is 12.1 Å². The molecule has 5 heterocycles. The number of halogens is 1. The van der Waals surface area contributed by atoms with Crippen LogP contribution in [0.5, 0.6) is 0 Å². The zero-order chi connectivity index (χ0) is 22.3. The molecule has 1 unspecified atom stereocenters. The zero-order valence-corrected chi connectivity index (χ0v) is 19.8. The van der Waals surface area contributed by atoms with Crippen LogP contribution >= 0.6 is 22.6 Å². The number of alkyl halides is 1. The Morgan fingerprint density at radius 3 is 2.88 bits per heavy atom. The number of aromatic nitrogens is 2. The van der Waals surface area contributed by atoms with Crippen molar-refractivity contribution in [2.24, 2.45) is 0 Å². The average molecular weight is 549 g/mol. The van der Waals surface area contributed by atoms with Gasteiger partial charge in [-0.2, -0.15) is 0 Å². The third kappa shape index (κ3) is 1.88. The summed E-state index contributed by atoms with van der Waals surface area (Å²) >= 11 is 2.14. The first-order valence-electron chi connectivity index (χ1n) is 11.3. The lowest BCUT2D eigenvalue weighted by Gasteiger charge is -2.36. The second-order valence-electron chi connectivity index (χ2n) is 9.43. The van der Waals surface area contributed by atoms with Gasteiger partial charge in [0.05, 0.1) is 22.1 Å². The second kappa shape index (κ2) is 5.71. The third-order valence-corrected chi connectivity index (χ3v) is 9.16. The molecule has 6 nitrogen and oxygen atoms in total. The molecule has 7 heteroatoms. The van der Waals surface area contributed by atoms with Crippen molar-refractivity contribution in [1.29, 1.82) is 0 Å². The highest BCUT2D eigenvalue weighted by Gasteiger charge is 2.61. The van der Waals surface area contributed by atoms with E-state index < -0.39 is 9.33 Å². The number of carbonyl (C=O) groups excluding carboxylic acids is 1. The molecule has 4 aliphatic rings. The number of rotatable bonds is 1. The Hall–Kier alpha value is -2.62. The monoisotopic (exact) mass is 549 g/mol. The van der Waals surface area contributed by atoms with Gasteiger partial charge in [-0.1, -0.05) is 36.9 Å². The van der Waals surface area contributed by atoms with Gasteiger partial charge in [0.15, 0.2) is 3.61 Å². The fourth-order valence-electron chi connectivity index (χ4n) is 6.73. The van der Waals surface area contributed by atoms with Gasteiger partial charge in [-0.05, 0) is 53.1 Å². The first-order valence-corrected chi connectivity index (χ1v) is 12.4. The van der Waals surface area contributed by atoms with Crippen LogP contribution in [0, 0.1) is 0 Å². The highest BCUT2D eigenvalue weighted by atomic mass is 127. The Kier molecular flexibility index (Phi) is 3.25. The first kappa shape index (κ1) is 18.8. The van der Waals surface area contributed by atoms with E-state index >= 15 is 0 Å². The molecule has 0 radical (unpaired) electrons. The molecule has 0 saturated carbocycles. The van der Waals surface area contributed by atoms with Crippen LogP contribution in [0.15, 0.2) is 36.9 Å². The summed E-state index contributed by atoms with van der Waals surface area (Å²) in [6.45, 7) is 4.66. The van der Waals surface area contributed by atoms with Gasteiger partial charge in [0, 0.05) is 39.7 Å². The highest BCUT2D eigenvalue weighted by molar-refractivity contribution is 14.1. The van der Waals surface area contributed by atoms with Gasteiger partial charge in [0.25, 0.3) is 5.91 Å². The molecule has 164 valence electrons. The van der Waals surface area contributed by atoms with E-state index in [4.69, 9.17) is 4.74 Å². The number of amides is 1. The molecule has 33 heavy (non-hydrogen) atoms. The number of hydrogen-bond donors (Lipinski definition) is 2. The molecular weight excluding hydrogens is 529 g/mol. The number of fused-ring (bicyclic) bond motifs is 13. The largest absolute Gasteiger partial charge is 0.374 e. The minimum absolute atomic E-state index is 0.0183. The Morgan fingerprint density at radius 1 is 1.21 bits per heavy atom. The molecule has 8 rings (SSSR count). The normalized spacial score (nSPS) is 29.2. The quantitative estimate of drug-likeness (QED) is 0.218. The summed E-state index contributed by atoms with van der Waals surface area (Å²) < 4.78 is 10.0. The summed E-state index contributed by atoms with van der Waals surface area (Å²) in [7, 11) is 0. The summed E-state index contributed by atoms with van der Waals surface area (Å²) in [5, 5.41) is 20.2. The number of nitrogens with one attached hydrogen (secondary N) is 1. The van der Waals surface area contributed by atoms with Gasteiger partial charge >= 0.3 is 0 Å². The molecule has 1 saturated heterocycles. The van der Waals surface area contributed by atoms with Crippen LogP contribution in [-0.2, 0) is 17.0 Å². The Bertz CT molecular complexity index is 1760. The molecule has 0 spiro atoms. The van der Waals surface area contributed by atoms with E-state index in [0.29, 0.717) is 13.0 Å². The van der Waals surface area contributed by atoms with Gasteiger partial charge in [0.1, 0.15) is 6.23 Å². The van der Waals surface area contributed by atoms with E-state index in [9.17, 15) is 9.90 Å². The van der Waals surface area contributed by atoms with Gasteiger partial charge in [-0.25, -0.2) is 0 Å². The Balaban J connectivity index is 1.80. The summed E-state index contributed by atoms with van der Waals surface area (Å²) in [5.41, 5.74) is 3.75. The predicted octanol–water partition coefficient (Wildman–Crippen LogP) is 3.24. The third-order valence-electron chi connectivity index (χ3n) is 7.95. The molecule has 1 aliphatic carbocycles. The van der Waals surface area contributed by atoms with Crippen LogP contribution in [0.25, 0.3) is 44.9 Å². The van der Waals surface area contributed by atoms with E-state index in [2.05, 4.69) is 67.9 Å². The van der Waals surface area contributed by atoms with Gasteiger partial charge < -0.3 is 24.3 Å². The molecular formula is C26H20IN3O3. The smallest absolute Gasteiger partial charge is 0.252 e. The topological polar surface area (TPSA) is 68.4 Å². The van der Waals surface area contributed by atoms with Gasteiger partial charge in [-0.15, -0.1) is 0 Å². The van der Waals surface area contributed by atoms with Crippen molar-refractivity contribution in [3.05, 3.63) is 58.6 Å². The van der Waals surface area contributed by atoms with Gasteiger partial charge in [-0.3, -0.25) is 4.79 Å². The van der Waals surface area contributed by atoms with E-state index in [1.165, 1.54) is 0 Å². The van der Waals surface area contributed by atoms with Crippen LogP contribution in [0.1, 0.15) is 41.4 Å². The maximum Gasteiger partial charge on any atom is 0.252 e. The summed E-state index contributed by atoms with van der Waals surface area (Å²) in [5.74, 6) is -0.0183. The maximum absolute atomic E-state index is 13.2. The molecule has 4 aromatic rings. The number of nitrogens with zero attached hydrogens (tertiary/aromatic N) is 2. The number of ether oxygens (including phenoxy) is 1. The second-order valence-corrected chi connectivity index (χ2v) is 11.2. The van der Waals surface area contributed by atoms with Crippen molar-refractivity contribution in [2.45, 2.75) is 41.4 Å². The number of hydrogen-bond acceptors (Lipinski definition) is 3. The Labute approximate surface area is 201 Å². The van der Waals surface area contributed by atoms with Crippen LogP contribution < -0.4 is 15.9 Å². The van der Waals surface area contributed by atoms with Crippen molar-refractivity contribution in [2.75, 3.05) is 0 Å². The van der Waals surface area contributed by atoms with Crippen molar-refractivity contribution < 1.29 is 14.6 Å². The van der Waals surface area contributed by atoms with Gasteiger partial charge in [0.2, 0.25) is 5.72 Å². The van der Waals surface area contributed by atoms with Crippen molar-refractivity contribution in [3.63, 3.8) is 0 Å². The minimum atomic E-state index is -1.19. The summed E-state index contributed by atoms with van der Waals surface area (Å²) in [6.07, 6.45) is 8.17. The fraction of sp³-hybridized carbons (Fsp3) is 0.269. The van der Waals surface area contributed by atoms with Crippen molar-refractivity contribution >= 4 is 73.4 Å². The predicted molar refractivity (Wildman–Crippen MR) is 135 cm³/mol. The summed E-state index contributed by atoms with van der Waals surface area (Å²) in [6, 6.07) is 8.21. The maximum atomic E-state index is 13.2. The number of carbonyl (C=O) groups is 1. The Morgan fingerprint density at radius 2 is 2.03 bits per heavy atom. The van der Waals surface area contributed by atoms with Crippen molar-refractivity contribution in [3.8, 4) is 0 Å². The fourth-order valence-corrected chi connectivity index (χ4v) is 7.69. The number of para-hydroxylation sites is 1. The molecule has 3 aliphatic heterocycles. The highest BCUT2D eigenvalue weighted by Crippen LogP contribution is 2.57. The first-order chi connectivity index (χ1) is 16.0. The average Bonchev–Trinajstić information content (AvgIpc) is 3.49. The van der Waals surface area contributed by atoms with Crippen LogP contribution in [0.4, 0.5) is 0 Å². The minimum Gasteiger partial charge on any atom is -0.374 e. The van der Waals surface area contributed by atoms with Crippen LogP contribution in [0.2, 0.25) is 0 Å². The summed E-state index contributed by atoms with van der Waals surface area (Å²) in [4.78, 5) is 13.2. The molecule has 1 fully saturated rings. The standard InChI is InChI=1S/C26H20IN3O3/c1-2-26-25(27,32)11-18(33-26)29-16-9-5-3-7-13(16)20-21-15(12-28-24(21)31)19-14-8-4-6-10-17(14)30(26)23(19)22(20)29/h2-3,5,7-10,18,32H,1,4,6,11-12H2,(H,28,31)/t18?,25-,26-/m0/s1. The lowest BCUT2D eigenvalue weighted by atomic mass is 9.96. The molecule has 2 aromatic carbocycles. The van der Waals surface area contributed by atoms with E-state index in [0.717, 1.165) is 67.2 Å². The molecule has 1 amide bonds.